The van der Waals surface area contributed by atoms with E-state index in [0.29, 0.717) is 6.54 Å². The third kappa shape index (κ3) is 8.85. The topological polar surface area (TPSA) is 23.8 Å². The maximum Gasteiger partial charge on any atom is 4.00 e. The van der Waals surface area contributed by atoms with E-state index in [-0.39, 0.29) is 26.2 Å². The van der Waals surface area contributed by atoms with Crippen LogP contribution in [0.5, 0.6) is 0 Å². The number of rotatable bonds is 2. The molecule has 0 fully saturated rings. The average Bonchev–Trinajstić information content (AvgIpc) is 1.41. The van der Waals surface area contributed by atoms with Crippen LogP contribution >= 0.6 is 0 Å². The molecule has 6 heavy (non-hydrogen) atoms. The molecule has 0 saturated heterocycles. The first-order chi connectivity index (χ1) is 2.41. The van der Waals surface area contributed by atoms with E-state index in [1.807, 2.05) is 0 Å². The molecule has 0 aliphatic rings. The van der Waals surface area contributed by atoms with Crippen LogP contribution in [0.3, 0.4) is 0 Å². The van der Waals surface area contributed by atoms with Gasteiger partial charge in [-0.1, -0.05) is 19.8 Å². The summed E-state index contributed by atoms with van der Waals surface area (Å²) in [7, 11) is 0. The van der Waals surface area contributed by atoms with Crippen molar-refractivity contribution in [3.8, 4) is 0 Å². The zero-order chi connectivity index (χ0) is 4.12. The van der Waals surface area contributed by atoms with Crippen molar-refractivity contribution < 1.29 is 26.2 Å². The molecule has 0 saturated carbocycles. The first-order valence-corrected chi connectivity index (χ1v) is 2.06. The molecule has 32 valence electrons. The maximum atomic E-state index is 6.60. The third-order valence-corrected chi connectivity index (χ3v) is 0.530. The van der Waals surface area contributed by atoms with Crippen LogP contribution in [0.1, 0.15) is 19.8 Å². The van der Waals surface area contributed by atoms with Crippen molar-refractivity contribution in [1.29, 1.82) is 0 Å². The summed E-state index contributed by atoms with van der Waals surface area (Å²) in [6, 6.07) is 0. The van der Waals surface area contributed by atoms with Gasteiger partial charge in [-0.05, 0) is 0 Å². The van der Waals surface area contributed by atoms with Gasteiger partial charge in [-0.25, -0.2) is 0 Å². The molecule has 0 amide bonds. The van der Waals surface area contributed by atoms with Crippen LogP contribution in [-0.2, 0) is 26.2 Å². The average molecular weight is 163 g/mol. The zero-order valence-corrected chi connectivity index (χ0v) is 6.58. The molecule has 0 heterocycles. The van der Waals surface area contributed by atoms with Crippen molar-refractivity contribution in [3.05, 3.63) is 5.73 Å². The van der Waals surface area contributed by atoms with Gasteiger partial charge in [0.05, 0.1) is 0 Å². The van der Waals surface area contributed by atoms with Crippen LogP contribution in [0.15, 0.2) is 0 Å². The summed E-state index contributed by atoms with van der Waals surface area (Å²) in [4.78, 5) is 0. The van der Waals surface area contributed by atoms with E-state index in [1.54, 1.807) is 0 Å². The molecule has 0 aromatic heterocycles. The molecule has 0 aromatic carbocycles. The monoisotopic (exact) mass is 162 g/mol. The summed E-state index contributed by atoms with van der Waals surface area (Å²) in [5.41, 5.74) is 6.60. The summed E-state index contributed by atoms with van der Waals surface area (Å²) in [5.74, 6) is 0. The minimum atomic E-state index is 0. The van der Waals surface area contributed by atoms with E-state index >= 15 is 0 Å². The Morgan fingerprint density at radius 2 is 2.00 bits per heavy atom. The van der Waals surface area contributed by atoms with Gasteiger partial charge in [0.25, 0.3) is 0 Å². The summed E-state index contributed by atoms with van der Waals surface area (Å²) < 4.78 is 0. The molecule has 0 spiro atoms. The van der Waals surface area contributed by atoms with Gasteiger partial charge >= 0.3 is 26.2 Å². The number of hydrogen-bond acceptors (Lipinski definition) is 0. The molecule has 0 atom stereocenters. The Balaban J connectivity index is 0. The maximum absolute atomic E-state index is 6.60. The van der Waals surface area contributed by atoms with E-state index < -0.39 is 0 Å². The summed E-state index contributed by atoms with van der Waals surface area (Å²) in [6.07, 6.45) is 2.21. The van der Waals surface area contributed by atoms with Gasteiger partial charge in [0.15, 0.2) is 0 Å². The van der Waals surface area contributed by atoms with Crippen LogP contribution in [0.2, 0.25) is 0 Å². The molecular weight excluding hydrogens is 153 g/mol. The van der Waals surface area contributed by atoms with Crippen LogP contribution in [0.25, 0.3) is 5.73 Å². The van der Waals surface area contributed by atoms with Gasteiger partial charge in [0.1, 0.15) is 0 Å². The molecular formula is C4H10NZr+3. The molecule has 0 radical (unpaired) electrons. The van der Waals surface area contributed by atoms with Gasteiger partial charge < -0.3 is 5.73 Å². The van der Waals surface area contributed by atoms with Crippen LogP contribution in [0.4, 0.5) is 0 Å². The Labute approximate surface area is 58.4 Å². The van der Waals surface area contributed by atoms with E-state index in [0.717, 1.165) is 12.8 Å². The zero-order valence-electron chi connectivity index (χ0n) is 4.12. The van der Waals surface area contributed by atoms with Crippen molar-refractivity contribution in [1.82, 2.24) is 0 Å². The first kappa shape index (κ1) is 9.96. The molecule has 2 heteroatoms. The predicted molar refractivity (Wildman–Crippen MR) is 24.1 cm³/mol. The van der Waals surface area contributed by atoms with E-state index in [1.165, 1.54) is 0 Å². The molecule has 0 aromatic rings. The van der Waals surface area contributed by atoms with Gasteiger partial charge in [-0.2, -0.15) is 6.54 Å². The van der Waals surface area contributed by atoms with Crippen molar-refractivity contribution in [2.24, 2.45) is 0 Å². The normalized spacial score (nSPS) is 7.00. The number of unbranched alkanes of at least 4 members (excludes halogenated alkanes) is 1. The Morgan fingerprint density at radius 3 is 2.00 bits per heavy atom. The second-order valence-corrected chi connectivity index (χ2v) is 1.10. The second kappa shape index (κ2) is 9.28. The van der Waals surface area contributed by atoms with E-state index in [2.05, 4.69) is 6.92 Å². The molecule has 1 N–H and O–H groups in total. The smallest absolute Gasteiger partial charge is 0.677 e. The molecule has 1 nitrogen and oxygen atoms in total. The van der Waals surface area contributed by atoms with Crippen LogP contribution < -0.4 is 0 Å². The SMILES string of the molecule is CCCC[NH-].[Zr+4]. The summed E-state index contributed by atoms with van der Waals surface area (Å²) in [5, 5.41) is 0. The first-order valence-electron chi connectivity index (χ1n) is 2.06. The quantitative estimate of drug-likeness (QED) is 0.593. The van der Waals surface area contributed by atoms with Crippen molar-refractivity contribution in [3.63, 3.8) is 0 Å². The molecule has 0 aliphatic heterocycles. The summed E-state index contributed by atoms with van der Waals surface area (Å²) in [6.45, 7) is 2.69. The minimum absolute atomic E-state index is 0. The van der Waals surface area contributed by atoms with Crippen LogP contribution in [0, 0.1) is 0 Å². The second-order valence-electron chi connectivity index (χ2n) is 1.10. The Hall–Kier alpha value is 0.843. The molecule has 0 rings (SSSR count). The van der Waals surface area contributed by atoms with Gasteiger partial charge in [-0.15, -0.1) is 0 Å². The van der Waals surface area contributed by atoms with E-state index in [4.69, 9.17) is 5.73 Å². The Morgan fingerprint density at radius 1 is 1.50 bits per heavy atom. The Bertz CT molecular complexity index is 15.0. The molecule has 0 bridgehead atoms. The predicted octanol–water partition coefficient (Wildman–Crippen LogP) is 1.84. The van der Waals surface area contributed by atoms with Gasteiger partial charge in [-0.3, -0.25) is 0 Å². The van der Waals surface area contributed by atoms with Gasteiger partial charge in [0, 0.05) is 0 Å². The van der Waals surface area contributed by atoms with E-state index in [9.17, 15) is 0 Å². The fourth-order valence-electron chi connectivity index (χ4n) is 0.177. The van der Waals surface area contributed by atoms with Crippen molar-refractivity contribution in [2.45, 2.75) is 19.8 Å². The van der Waals surface area contributed by atoms with Crippen LogP contribution in [-0.4, -0.2) is 6.54 Å². The fraction of sp³-hybridized carbons (Fsp3) is 1.00. The largest absolute Gasteiger partial charge is 4.00 e. The third-order valence-electron chi connectivity index (χ3n) is 0.530. The van der Waals surface area contributed by atoms with Crippen molar-refractivity contribution in [2.75, 3.05) is 6.54 Å². The summed E-state index contributed by atoms with van der Waals surface area (Å²) >= 11 is 0. The number of hydrogen-bond donors (Lipinski definition) is 0. The standard InChI is InChI=1S/C4H10N.Zr/c1-2-3-4-5;/h5H,2-4H2,1H3;/q-1;+4. The fourth-order valence-corrected chi connectivity index (χ4v) is 0.177. The van der Waals surface area contributed by atoms with Gasteiger partial charge in [0.2, 0.25) is 0 Å². The van der Waals surface area contributed by atoms with Crippen molar-refractivity contribution >= 4 is 0 Å². The molecule has 0 unspecified atom stereocenters. The minimum Gasteiger partial charge on any atom is -0.677 e. The number of nitrogens with one attached hydrogen (secondary N) is 1. The Kier molecular flexibility index (Phi) is 15.4. The molecule has 0 aliphatic carbocycles.